The molecule has 12 heteroatoms. The van der Waals surface area contributed by atoms with Crippen LogP contribution in [0.25, 0.3) is 0 Å². The molecule has 0 saturated carbocycles. The highest BCUT2D eigenvalue weighted by Gasteiger charge is 2.37. The lowest BCUT2D eigenvalue weighted by Crippen LogP contribution is -2.49. The van der Waals surface area contributed by atoms with Crippen LogP contribution >= 0.6 is 11.5 Å². The maximum absolute atomic E-state index is 14.4. The van der Waals surface area contributed by atoms with E-state index in [0.717, 1.165) is 11.0 Å². The van der Waals surface area contributed by atoms with Crippen molar-refractivity contribution in [2.45, 2.75) is 32.4 Å². The minimum Gasteiger partial charge on any atom is -0.493 e. The molecule has 0 saturated heterocycles. The molecule has 0 unspecified atom stereocenters. The van der Waals surface area contributed by atoms with Gasteiger partial charge in [-0.05, 0) is 68.2 Å². The van der Waals surface area contributed by atoms with Crippen LogP contribution in [0.5, 0.6) is 11.5 Å². The van der Waals surface area contributed by atoms with Crippen LogP contribution in [0.15, 0.2) is 42.5 Å². The number of rotatable bonds is 8. The predicted molar refractivity (Wildman–Crippen MR) is 138 cm³/mol. The molecule has 2 aromatic carbocycles. The summed E-state index contributed by atoms with van der Waals surface area (Å²) in [6, 6.07) is 8.63. The Balaban J connectivity index is 2.29. The first-order chi connectivity index (χ1) is 17.4. The molecule has 0 aliphatic rings. The van der Waals surface area contributed by atoms with Gasteiger partial charge in [-0.2, -0.15) is 4.37 Å². The van der Waals surface area contributed by atoms with E-state index >= 15 is 0 Å². The minimum absolute atomic E-state index is 0.0715. The number of anilines is 2. The molecule has 1 heterocycles. The van der Waals surface area contributed by atoms with E-state index in [-0.39, 0.29) is 21.9 Å². The number of carbonyl (C=O) groups is 3. The summed E-state index contributed by atoms with van der Waals surface area (Å²) < 4.78 is 29.0. The molecule has 0 fully saturated rings. The number of hydrogen-bond donors (Lipinski definition) is 3. The summed E-state index contributed by atoms with van der Waals surface area (Å²) in [4.78, 5) is 40.4. The summed E-state index contributed by atoms with van der Waals surface area (Å²) in [7, 11) is 2.90. The summed E-state index contributed by atoms with van der Waals surface area (Å²) in [6.45, 7) is 5.35. The fourth-order valence-corrected chi connectivity index (χ4v) is 4.37. The van der Waals surface area contributed by atoms with Crippen LogP contribution in [0.2, 0.25) is 0 Å². The molecule has 3 rings (SSSR count). The van der Waals surface area contributed by atoms with Crippen LogP contribution < -0.4 is 31.2 Å². The van der Waals surface area contributed by atoms with E-state index in [9.17, 15) is 18.8 Å². The number of methoxy groups -OCH3 is 2. The number of aromatic nitrogens is 1. The van der Waals surface area contributed by atoms with Gasteiger partial charge in [-0.1, -0.05) is 12.1 Å². The Morgan fingerprint density at radius 3 is 2.30 bits per heavy atom. The zero-order chi connectivity index (χ0) is 27.5. The maximum atomic E-state index is 14.4. The smallest absolute Gasteiger partial charge is 0.273 e. The van der Waals surface area contributed by atoms with Crippen LogP contribution in [-0.2, 0) is 4.79 Å². The number of nitrogens with zero attached hydrogens (tertiary/aromatic N) is 2. The largest absolute Gasteiger partial charge is 0.493 e. The lowest BCUT2D eigenvalue weighted by Gasteiger charge is -2.33. The monoisotopic (exact) mass is 529 g/mol. The Bertz CT molecular complexity index is 1340. The number of amides is 3. The number of benzene rings is 2. The third kappa shape index (κ3) is 5.97. The first-order valence-corrected chi connectivity index (χ1v) is 11.8. The minimum atomic E-state index is -1.31. The number of nitrogens with one attached hydrogen (secondary N) is 1. The fraction of sp³-hybridized carbons (Fsp3) is 0.280. The Labute approximate surface area is 217 Å². The number of carbonyl (C=O) groups excluding carboxylic acids is 3. The number of nitrogens with two attached hydrogens (primary N) is 2. The summed E-state index contributed by atoms with van der Waals surface area (Å²) in [5, 5.41) is 2.88. The number of ether oxygens (including phenoxy) is 2. The van der Waals surface area contributed by atoms with Gasteiger partial charge < -0.3 is 26.3 Å². The lowest BCUT2D eigenvalue weighted by molar-refractivity contribution is -0.123. The normalized spacial score (nSPS) is 11.9. The van der Waals surface area contributed by atoms with Crippen molar-refractivity contribution in [3.8, 4) is 11.5 Å². The van der Waals surface area contributed by atoms with Crippen LogP contribution in [0.4, 0.5) is 15.8 Å². The molecule has 3 amide bonds. The van der Waals surface area contributed by atoms with Gasteiger partial charge in [0.2, 0.25) is 5.91 Å². The zero-order valence-corrected chi connectivity index (χ0v) is 21.8. The average Bonchev–Trinajstić information content (AvgIpc) is 3.22. The highest BCUT2D eigenvalue weighted by atomic mass is 32.1. The molecule has 0 radical (unpaired) electrons. The number of nitrogen functional groups attached to an aromatic ring is 1. The highest BCUT2D eigenvalue weighted by molar-refractivity contribution is 7.09. The van der Waals surface area contributed by atoms with E-state index in [1.807, 2.05) is 0 Å². The maximum Gasteiger partial charge on any atom is 0.273 e. The van der Waals surface area contributed by atoms with Gasteiger partial charge in [-0.3, -0.25) is 19.3 Å². The van der Waals surface area contributed by atoms with Gasteiger partial charge in [0.15, 0.2) is 17.2 Å². The zero-order valence-electron chi connectivity index (χ0n) is 21.0. The molecular weight excluding hydrogens is 501 g/mol. The molecule has 0 aliphatic heterocycles. The standard InChI is InChI=1S/C25H28FN5O5S/c1-25(2,3)29-23(33)20(13-9-10-16(35-4)17(11-13)36-5)31(15-8-6-7-14(26)12-15)24(34)21-18(27)19(22(28)32)30-37-21/h6-12,20H,27H2,1-5H3,(H2,28,32)(H,29,33)/t20-/m0/s1. The van der Waals surface area contributed by atoms with Crippen LogP contribution in [0.3, 0.4) is 0 Å². The van der Waals surface area contributed by atoms with Gasteiger partial charge in [0.05, 0.1) is 19.9 Å². The Hall–Kier alpha value is -4.19. The summed E-state index contributed by atoms with van der Waals surface area (Å²) in [6.07, 6.45) is 0. The topological polar surface area (TPSA) is 150 Å². The average molecular weight is 530 g/mol. The summed E-state index contributed by atoms with van der Waals surface area (Å²) in [5.74, 6) is -2.16. The molecule has 1 atom stereocenters. The predicted octanol–water partition coefficient (Wildman–Crippen LogP) is 3.28. The van der Waals surface area contributed by atoms with Crippen molar-refractivity contribution in [3.63, 3.8) is 0 Å². The van der Waals surface area contributed by atoms with Crippen LogP contribution in [-0.4, -0.2) is 41.9 Å². The summed E-state index contributed by atoms with van der Waals surface area (Å²) in [5.41, 5.74) is 10.6. The summed E-state index contributed by atoms with van der Waals surface area (Å²) >= 11 is 0.654. The molecule has 0 aliphatic carbocycles. The number of hydrogen-bond acceptors (Lipinski definition) is 8. The molecule has 10 nitrogen and oxygen atoms in total. The van der Waals surface area contributed by atoms with Gasteiger partial charge in [0, 0.05) is 11.2 Å². The molecule has 5 N–H and O–H groups in total. The number of primary amides is 1. The molecular formula is C25H28FN5O5S. The Kier molecular flexibility index (Phi) is 8.02. The lowest BCUT2D eigenvalue weighted by atomic mass is 9.99. The van der Waals surface area contributed by atoms with Crippen molar-refractivity contribution in [1.29, 1.82) is 0 Å². The number of halogens is 1. The van der Waals surface area contributed by atoms with Crippen molar-refractivity contribution < 1.29 is 28.2 Å². The van der Waals surface area contributed by atoms with Gasteiger partial charge in [-0.15, -0.1) is 0 Å². The molecule has 1 aromatic heterocycles. The third-order valence-electron chi connectivity index (χ3n) is 5.19. The second-order valence-electron chi connectivity index (χ2n) is 9.05. The van der Waals surface area contributed by atoms with Gasteiger partial charge in [0.1, 0.15) is 16.7 Å². The molecule has 3 aromatic rings. The van der Waals surface area contributed by atoms with E-state index in [4.69, 9.17) is 20.9 Å². The first-order valence-electron chi connectivity index (χ1n) is 11.1. The van der Waals surface area contributed by atoms with Crippen molar-refractivity contribution in [1.82, 2.24) is 9.69 Å². The fourth-order valence-electron chi connectivity index (χ4n) is 3.63. The van der Waals surface area contributed by atoms with Gasteiger partial charge >= 0.3 is 0 Å². The third-order valence-corrected chi connectivity index (χ3v) is 6.04. The van der Waals surface area contributed by atoms with Gasteiger partial charge in [-0.25, -0.2) is 4.39 Å². The van der Waals surface area contributed by atoms with E-state index in [1.54, 1.807) is 39.0 Å². The van der Waals surface area contributed by atoms with E-state index in [2.05, 4.69) is 9.69 Å². The molecule has 37 heavy (non-hydrogen) atoms. The molecule has 0 bridgehead atoms. The Morgan fingerprint density at radius 1 is 1.08 bits per heavy atom. The van der Waals surface area contributed by atoms with E-state index in [1.165, 1.54) is 32.4 Å². The van der Waals surface area contributed by atoms with E-state index in [0.29, 0.717) is 28.6 Å². The van der Waals surface area contributed by atoms with Crippen molar-refractivity contribution in [2.24, 2.45) is 5.73 Å². The van der Waals surface area contributed by atoms with Gasteiger partial charge in [0.25, 0.3) is 11.8 Å². The van der Waals surface area contributed by atoms with Crippen LogP contribution in [0, 0.1) is 5.82 Å². The SMILES string of the molecule is COc1ccc([C@@H](C(=O)NC(C)(C)C)N(C(=O)c2snc(C(N)=O)c2N)c2cccc(F)c2)cc1OC. The second-order valence-corrected chi connectivity index (χ2v) is 9.82. The second kappa shape index (κ2) is 10.8. The first kappa shape index (κ1) is 27.4. The van der Waals surface area contributed by atoms with Crippen molar-refractivity contribution >= 4 is 40.6 Å². The van der Waals surface area contributed by atoms with Crippen molar-refractivity contribution in [3.05, 3.63) is 64.4 Å². The molecule has 196 valence electrons. The Morgan fingerprint density at radius 2 is 1.76 bits per heavy atom. The molecule has 0 spiro atoms. The van der Waals surface area contributed by atoms with E-state index < -0.39 is 35.1 Å². The quantitative estimate of drug-likeness (QED) is 0.405. The van der Waals surface area contributed by atoms with Crippen LogP contribution in [0.1, 0.15) is 52.5 Å². The highest BCUT2D eigenvalue weighted by Crippen LogP contribution is 2.37. The van der Waals surface area contributed by atoms with Crippen molar-refractivity contribution in [2.75, 3.05) is 24.9 Å².